The summed E-state index contributed by atoms with van der Waals surface area (Å²) in [6.45, 7) is 2.56. The minimum atomic E-state index is -0.769. The van der Waals surface area contributed by atoms with Gasteiger partial charge in [-0.05, 0) is 30.7 Å². The van der Waals surface area contributed by atoms with Crippen molar-refractivity contribution in [3.05, 3.63) is 80.5 Å². The first-order chi connectivity index (χ1) is 16.4. The average molecular weight is 469 g/mol. The van der Waals surface area contributed by atoms with E-state index in [-0.39, 0.29) is 36.8 Å². The number of aromatic amines is 1. The summed E-state index contributed by atoms with van der Waals surface area (Å²) >= 11 is 0. The number of methoxy groups -OCH3 is 2. The summed E-state index contributed by atoms with van der Waals surface area (Å²) in [5, 5.41) is 0. The fourth-order valence-electron chi connectivity index (χ4n) is 3.49. The third-order valence-electron chi connectivity index (χ3n) is 5.14. The van der Waals surface area contributed by atoms with Crippen LogP contribution in [0.5, 0.6) is 11.5 Å². The number of ether oxygens (including phenoxy) is 3. The lowest BCUT2D eigenvalue weighted by atomic mass is 10.1. The number of H-pyrrole nitrogens is 1. The second kappa shape index (κ2) is 11.2. The largest absolute Gasteiger partial charge is 0.493 e. The van der Waals surface area contributed by atoms with Crippen molar-refractivity contribution in [3.63, 3.8) is 0 Å². The summed E-state index contributed by atoms with van der Waals surface area (Å²) in [4.78, 5) is 42.4. The van der Waals surface area contributed by atoms with E-state index in [0.29, 0.717) is 18.1 Å². The predicted molar refractivity (Wildman–Crippen MR) is 129 cm³/mol. The molecular weight excluding hydrogens is 440 g/mol. The molecule has 0 radical (unpaired) electrons. The Labute approximate surface area is 196 Å². The zero-order chi connectivity index (χ0) is 24.7. The minimum Gasteiger partial charge on any atom is -0.493 e. The van der Waals surface area contributed by atoms with Gasteiger partial charge in [-0.15, -0.1) is 0 Å². The molecule has 0 aliphatic carbocycles. The van der Waals surface area contributed by atoms with Crippen LogP contribution in [0, 0.1) is 0 Å². The first-order valence-electron chi connectivity index (χ1n) is 10.7. The van der Waals surface area contributed by atoms with Gasteiger partial charge in [0, 0.05) is 19.2 Å². The van der Waals surface area contributed by atoms with E-state index in [9.17, 15) is 14.4 Å². The van der Waals surface area contributed by atoms with Crippen molar-refractivity contribution in [2.75, 3.05) is 44.6 Å². The highest BCUT2D eigenvalue weighted by atomic mass is 16.5. The summed E-state index contributed by atoms with van der Waals surface area (Å²) in [6.07, 6.45) is 0. The van der Waals surface area contributed by atoms with Crippen LogP contribution in [-0.2, 0) is 11.3 Å². The van der Waals surface area contributed by atoms with E-state index in [2.05, 4.69) is 4.98 Å². The first kappa shape index (κ1) is 24.6. The van der Waals surface area contributed by atoms with E-state index in [1.807, 2.05) is 37.3 Å². The van der Waals surface area contributed by atoms with E-state index < -0.39 is 17.2 Å². The number of nitrogen functional groups attached to an aromatic ring is 1. The van der Waals surface area contributed by atoms with Crippen LogP contribution in [0.3, 0.4) is 0 Å². The molecular formula is C24H28N4O6. The van der Waals surface area contributed by atoms with Gasteiger partial charge in [-0.1, -0.05) is 30.3 Å². The number of benzene rings is 2. The maximum absolute atomic E-state index is 13.5. The number of rotatable bonds is 10. The molecule has 0 atom stereocenters. The standard InChI is InChI=1S/C24H28N4O6/c1-4-34-18-11-10-17(14-19(18)33-3)23(30)27(12-13-32-2)20-21(25)28(24(31)26-22(20)29)15-16-8-6-5-7-9-16/h5-11,14H,4,12-13,15,25H2,1-3H3,(H,26,29,31). The van der Waals surface area contributed by atoms with Crippen LogP contribution in [0.2, 0.25) is 0 Å². The molecule has 10 heteroatoms. The molecule has 0 bridgehead atoms. The third-order valence-corrected chi connectivity index (χ3v) is 5.14. The van der Waals surface area contributed by atoms with Crippen LogP contribution in [0.4, 0.5) is 11.5 Å². The zero-order valence-electron chi connectivity index (χ0n) is 19.4. The molecule has 3 N–H and O–H groups in total. The van der Waals surface area contributed by atoms with Crippen molar-refractivity contribution in [3.8, 4) is 11.5 Å². The molecule has 0 saturated heterocycles. The number of amides is 1. The Morgan fingerprint density at radius 3 is 2.47 bits per heavy atom. The molecule has 34 heavy (non-hydrogen) atoms. The summed E-state index contributed by atoms with van der Waals surface area (Å²) in [5.74, 6) is 0.217. The van der Waals surface area contributed by atoms with Crippen molar-refractivity contribution < 1.29 is 19.0 Å². The molecule has 1 heterocycles. The number of aromatic nitrogens is 2. The Kier molecular flexibility index (Phi) is 8.10. The highest BCUT2D eigenvalue weighted by Gasteiger charge is 2.26. The van der Waals surface area contributed by atoms with Crippen LogP contribution in [-0.4, -0.2) is 49.4 Å². The van der Waals surface area contributed by atoms with Crippen LogP contribution in [0.25, 0.3) is 0 Å². The number of nitrogens with two attached hydrogens (primary N) is 1. The van der Waals surface area contributed by atoms with Crippen LogP contribution >= 0.6 is 0 Å². The van der Waals surface area contributed by atoms with Crippen LogP contribution < -0.4 is 31.4 Å². The number of hydrogen-bond donors (Lipinski definition) is 2. The molecule has 180 valence electrons. The lowest BCUT2D eigenvalue weighted by Gasteiger charge is -2.24. The second-order valence-electron chi connectivity index (χ2n) is 7.31. The van der Waals surface area contributed by atoms with Gasteiger partial charge < -0.3 is 19.9 Å². The molecule has 3 rings (SSSR count). The molecule has 1 amide bonds. The highest BCUT2D eigenvalue weighted by molar-refractivity contribution is 6.07. The minimum absolute atomic E-state index is 0.0294. The van der Waals surface area contributed by atoms with Gasteiger partial charge >= 0.3 is 5.69 Å². The number of carbonyl (C=O) groups is 1. The van der Waals surface area contributed by atoms with Gasteiger partial charge in [0.1, 0.15) is 5.82 Å². The fourth-order valence-corrected chi connectivity index (χ4v) is 3.49. The van der Waals surface area contributed by atoms with Crippen molar-refractivity contribution in [2.24, 2.45) is 0 Å². The molecule has 0 aliphatic rings. The number of nitrogens with zero attached hydrogens (tertiary/aromatic N) is 2. The summed E-state index contributed by atoms with van der Waals surface area (Å²) < 4.78 is 17.2. The molecule has 3 aromatic rings. The van der Waals surface area contributed by atoms with Gasteiger partial charge in [0.25, 0.3) is 11.5 Å². The molecule has 0 aliphatic heterocycles. The molecule has 1 aromatic heterocycles. The van der Waals surface area contributed by atoms with Gasteiger partial charge in [-0.2, -0.15) is 0 Å². The Bertz CT molecular complexity index is 1250. The maximum Gasteiger partial charge on any atom is 0.330 e. The van der Waals surface area contributed by atoms with E-state index in [1.165, 1.54) is 29.8 Å². The summed E-state index contributed by atoms with van der Waals surface area (Å²) in [7, 11) is 2.95. The highest BCUT2D eigenvalue weighted by Crippen LogP contribution is 2.29. The Morgan fingerprint density at radius 1 is 1.09 bits per heavy atom. The van der Waals surface area contributed by atoms with Crippen molar-refractivity contribution >= 4 is 17.4 Å². The van der Waals surface area contributed by atoms with Gasteiger partial charge in [0.15, 0.2) is 17.2 Å². The Hall–Kier alpha value is -4.05. The predicted octanol–water partition coefficient (Wildman–Crippen LogP) is 1.87. The topological polar surface area (TPSA) is 129 Å². The van der Waals surface area contributed by atoms with Gasteiger partial charge in [-0.25, -0.2) is 4.79 Å². The first-order valence-corrected chi connectivity index (χ1v) is 10.7. The fraction of sp³-hybridized carbons (Fsp3) is 0.292. The number of anilines is 2. The van der Waals surface area contributed by atoms with Gasteiger partial charge in [0.2, 0.25) is 0 Å². The summed E-state index contributed by atoms with van der Waals surface area (Å²) in [6, 6.07) is 13.9. The average Bonchev–Trinajstić information content (AvgIpc) is 2.84. The number of nitrogens with one attached hydrogen (secondary N) is 1. The SMILES string of the molecule is CCOc1ccc(C(=O)N(CCOC)c2c(N)n(Cc3ccccc3)c(=O)[nH]c2=O)cc1OC. The molecule has 0 unspecified atom stereocenters. The number of carbonyl (C=O) groups excluding carboxylic acids is 1. The Balaban J connectivity index is 2.09. The van der Waals surface area contributed by atoms with E-state index in [1.54, 1.807) is 12.1 Å². The zero-order valence-corrected chi connectivity index (χ0v) is 19.4. The molecule has 0 saturated carbocycles. The molecule has 0 spiro atoms. The van der Waals surface area contributed by atoms with E-state index in [4.69, 9.17) is 19.9 Å². The van der Waals surface area contributed by atoms with Crippen LogP contribution in [0.1, 0.15) is 22.8 Å². The maximum atomic E-state index is 13.5. The lowest BCUT2D eigenvalue weighted by Crippen LogP contribution is -2.42. The number of hydrogen-bond acceptors (Lipinski definition) is 7. The van der Waals surface area contributed by atoms with E-state index in [0.717, 1.165) is 5.56 Å². The van der Waals surface area contributed by atoms with Crippen molar-refractivity contribution in [1.29, 1.82) is 0 Å². The normalized spacial score (nSPS) is 10.7. The van der Waals surface area contributed by atoms with Crippen molar-refractivity contribution in [2.45, 2.75) is 13.5 Å². The Morgan fingerprint density at radius 2 is 1.82 bits per heavy atom. The van der Waals surface area contributed by atoms with E-state index >= 15 is 0 Å². The van der Waals surface area contributed by atoms with Gasteiger partial charge in [0.05, 0.1) is 26.9 Å². The quantitative estimate of drug-likeness (QED) is 0.465. The van der Waals surface area contributed by atoms with Crippen molar-refractivity contribution in [1.82, 2.24) is 9.55 Å². The summed E-state index contributed by atoms with van der Waals surface area (Å²) in [5.41, 5.74) is 5.78. The second-order valence-corrected chi connectivity index (χ2v) is 7.31. The molecule has 0 fully saturated rings. The monoisotopic (exact) mass is 468 g/mol. The third kappa shape index (κ3) is 5.29. The smallest absolute Gasteiger partial charge is 0.330 e. The molecule has 2 aromatic carbocycles. The lowest BCUT2D eigenvalue weighted by molar-refractivity contribution is 0.0975. The van der Waals surface area contributed by atoms with Crippen LogP contribution in [0.15, 0.2) is 58.1 Å². The van der Waals surface area contributed by atoms with Gasteiger partial charge in [-0.3, -0.25) is 24.0 Å². The molecule has 10 nitrogen and oxygen atoms in total.